The molecule has 0 spiro atoms. The molecule has 12 heteroatoms. The van der Waals surface area contributed by atoms with Crippen LogP contribution in [0.15, 0.2) is 65.7 Å². The standard InChI is InChI=1S/C24H30N6O4S2/c1-35-15-12-22(24(31)32)30(23-17-29(27-26-23)20-7-3-2-4-8-20)28-13-10-18(11-14-28)19-6-5-9-21(16-19)36(25,33)34/h2-9,16-18,22H,10-15H2,1H3,(H,31,32)(H2,25,33,34)/t22-/m0/s1. The number of hydrogen-bond acceptors (Lipinski definition) is 8. The third kappa shape index (κ3) is 6.06. The smallest absolute Gasteiger partial charge is 0.328 e. The van der Waals surface area contributed by atoms with Crippen molar-refractivity contribution >= 4 is 33.6 Å². The molecular formula is C24H30N6O4S2. The number of aromatic nitrogens is 3. The molecule has 1 aliphatic rings. The molecule has 0 bridgehead atoms. The summed E-state index contributed by atoms with van der Waals surface area (Å²) < 4.78 is 25.2. The molecule has 1 fully saturated rings. The molecule has 0 radical (unpaired) electrons. The van der Waals surface area contributed by atoms with Crippen molar-refractivity contribution in [2.75, 3.05) is 30.1 Å². The average Bonchev–Trinajstić information content (AvgIpc) is 3.36. The van der Waals surface area contributed by atoms with E-state index in [1.165, 1.54) is 6.07 Å². The molecule has 2 heterocycles. The number of carboxylic acids is 1. The fourth-order valence-corrected chi connectivity index (χ4v) is 5.54. The zero-order valence-corrected chi connectivity index (χ0v) is 21.6. The number of nitrogens with two attached hydrogens (primary N) is 1. The van der Waals surface area contributed by atoms with Crippen molar-refractivity contribution in [2.45, 2.75) is 36.1 Å². The van der Waals surface area contributed by atoms with Gasteiger partial charge in [0, 0.05) is 13.1 Å². The third-order valence-corrected chi connectivity index (χ3v) is 7.90. The summed E-state index contributed by atoms with van der Waals surface area (Å²) in [6.45, 7) is 1.18. The minimum Gasteiger partial charge on any atom is -0.480 e. The summed E-state index contributed by atoms with van der Waals surface area (Å²) in [4.78, 5) is 12.5. The van der Waals surface area contributed by atoms with Gasteiger partial charge in [-0.15, -0.1) is 5.10 Å². The molecule has 1 aromatic heterocycles. The Hall–Kier alpha value is -2.93. The van der Waals surface area contributed by atoms with E-state index in [1.807, 2.05) is 47.7 Å². The lowest BCUT2D eigenvalue weighted by molar-refractivity contribution is -0.139. The molecule has 4 rings (SSSR count). The summed E-state index contributed by atoms with van der Waals surface area (Å²) in [5.41, 5.74) is 1.75. The number of sulfonamides is 1. The van der Waals surface area contributed by atoms with Gasteiger partial charge in [-0.3, -0.25) is 5.01 Å². The van der Waals surface area contributed by atoms with Crippen LogP contribution in [0.4, 0.5) is 5.82 Å². The van der Waals surface area contributed by atoms with E-state index in [1.54, 1.807) is 39.8 Å². The first-order valence-electron chi connectivity index (χ1n) is 11.6. The Morgan fingerprint density at radius 1 is 1.19 bits per heavy atom. The van der Waals surface area contributed by atoms with Gasteiger partial charge in [0.2, 0.25) is 10.0 Å². The highest BCUT2D eigenvalue weighted by Gasteiger charge is 2.35. The van der Waals surface area contributed by atoms with E-state index in [0.717, 1.165) is 24.1 Å². The number of nitrogens with zero attached hydrogens (tertiary/aromatic N) is 5. The van der Waals surface area contributed by atoms with Crippen LogP contribution in [-0.2, 0) is 14.8 Å². The van der Waals surface area contributed by atoms with Crippen LogP contribution in [0.3, 0.4) is 0 Å². The van der Waals surface area contributed by atoms with Crippen LogP contribution >= 0.6 is 11.8 Å². The lowest BCUT2D eigenvalue weighted by Crippen LogP contribution is -2.55. The summed E-state index contributed by atoms with van der Waals surface area (Å²) in [6, 6.07) is 15.5. The van der Waals surface area contributed by atoms with E-state index in [-0.39, 0.29) is 10.8 Å². The monoisotopic (exact) mass is 530 g/mol. The number of anilines is 1. The van der Waals surface area contributed by atoms with Gasteiger partial charge in [0.25, 0.3) is 0 Å². The van der Waals surface area contributed by atoms with Crippen LogP contribution in [0.1, 0.15) is 30.7 Å². The summed E-state index contributed by atoms with van der Waals surface area (Å²) in [5, 5.41) is 27.8. The van der Waals surface area contributed by atoms with E-state index >= 15 is 0 Å². The zero-order chi connectivity index (χ0) is 25.7. The number of para-hydroxylation sites is 1. The van der Waals surface area contributed by atoms with Gasteiger partial charge in [0.05, 0.1) is 16.8 Å². The molecule has 1 aliphatic heterocycles. The lowest BCUT2D eigenvalue weighted by atomic mass is 9.90. The second kappa shape index (κ2) is 11.4. The van der Waals surface area contributed by atoms with Gasteiger partial charge < -0.3 is 5.11 Å². The normalized spacial score (nSPS) is 16.1. The van der Waals surface area contributed by atoms with Crippen LogP contribution in [0, 0.1) is 0 Å². The molecular weight excluding hydrogens is 500 g/mol. The first kappa shape index (κ1) is 26.1. The van der Waals surface area contributed by atoms with E-state index in [0.29, 0.717) is 31.1 Å². The number of hydrogen-bond donors (Lipinski definition) is 2. The van der Waals surface area contributed by atoms with Crippen LogP contribution in [-0.4, -0.2) is 70.6 Å². The second-order valence-corrected chi connectivity index (χ2v) is 11.2. The number of piperidine rings is 1. The highest BCUT2D eigenvalue weighted by Crippen LogP contribution is 2.32. The summed E-state index contributed by atoms with van der Waals surface area (Å²) in [7, 11) is -3.78. The molecule has 36 heavy (non-hydrogen) atoms. The summed E-state index contributed by atoms with van der Waals surface area (Å²) >= 11 is 1.60. The zero-order valence-electron chi connectivity index (χ0n) is 20.0. The minimum absolute atomic E-state index is 0.101. The van der Waals surface area contributed by atoms with Crippen molar-refractivity contribution in [3.05, 3.63) is 66.4 Å². The van der Waals surface area contributed by atoms with E-state index in [9.17, 15) is 18.3 Å². The van der Waals surface area contributed by atoms with Crippen molar-refractivity contribution in [3.63, 3.8) is 0 Å². The molecule has 3 N–H and O–H groups in total. The van der Waals surface area contributed by atoms with Crippen LogP contribution in [0.25, 0.3) is 5.69 Å². The largest absolute Gasteiger partial charge is 0.480 e. The number of primary sulfonamides is 1. The van der Waals surface area contributed by atoms with Gasteiger partial charge in [0.15, 0.2) is 5.82 Å². The number of rotatable bonds is 10. The highest BCUT2D eigenvalue weighted by molar-refractivity contribution is 7.98. The van der Waals surface area contributed by atoms with Gasteiger partial charge in [-0.05, 0) is 67.0 Å². The Morgan fingerprint density at radius 3 is 2.56 bits per heavy atom. The van der Waals surface area contributed by atoms with E-state index < -0.39 is 22.0 Å². The first-order valence-corrected chi connectivity index (χ1v) is 14.6. The molecule has 0 unspecified atom stereocenters. The minimum atomic E-state index is -3.78. The third-order valence-electron chi connectivity index (χ3n) is 6.35. The molecule has 0 amide bonds. The lowest BCUT2D eigenvalue weighted by Gasteiger charge is -2.42. The predicted octanol–water partition coefficient (Wildman–Crippen LogP) is 2.72. The Labute approximate surface area is 215 Å². The molecule has 1 atom stereocenters. The second-order valence-electron chi connectivity index (χ2n) is 8.68. The van der Waals surface area contributed by atoms with E-state index in [2.05, 4.69) is 10.3 Å². The average molecular weight is 531 g/mol. The van der Waals surface area contributed by atoms with Crippen LogP contribution < -0.4 is 10.1 Å². The van der Waals surface area contributed by atoms with Crippen molar-refractivity contribution < 1.29 is 18.3 Å². The summed E-state index contributed by atoms with van der Waals surface area (Å²) in [5.74, 6) is 0.388. The Bertz CT molecular complexity index is 1280. The highest BCUT2D eigenvalue weighted by atomic mass is 32.2. The van der Waals surface area contributed by atoms with Gasteiger partial charge in [0.1, 0.15) is 6.04 Å². The Kier molecular flexibility index (Phi) is 8.29. The van der Waals surface area contributed by atoms with E-state index in [4.69, 9.17) is 5.14 Å². The molecule has 0 saturated carbocycles. The molecule has 1 saturated heterocycles. The number of carbonyl (C=O) groups is 1. The van der Waals surface area contributed by atoms with Crippen LogP contribution in [0.2, 0.25) is 0 Å². The molecule has 192 valence electrons. The summed E-state index contributed by atoms with van der Waals surface area (Å²) in [6.07, 6.45) is 5.62. The van der Waals surface area contributed by atoms with Gasteiger partial charge >= 0.3 is 5.97 Å². The number of thioether (sulfide) groups is 1. The van der Waals surface area contributed by atoms with Crippen molar-refractivity contribution in [1.29, 1.82) is 0 Å². The maximum absolute atomic E-state index is 12.4. The molecule has 0 aliphatic carbocycles. The Balaban J connectivity index is 1.58. The molecule has 2 aromatic carbocycles. The topological polar surface area (TPSA) is 135 Å². The Morgan fingerprint density at radius 2 is 1.92 bits per heavy atom. The van der Waals surface area contributed by atoms with Crippen molar-refractivity contribution in [2.24, 2.45) is 5.14 Å². The fourth-order valence-electron chi connectivity index (χ4n) is 4.51. The number of hydrazine groups is 1. The fraction of sp³-hybridized carbons (Fsp3) is 0.375. The van der Waals surface area contributed by atoms with Crippen LogP contribution in [0.5, 0.6) is 0 Å². The quantitative estimate of drug-likeness (QED) is 0.406. The molecule has 10 nitrogen and oxygen atoms in total. The molecule has 3 aromatic rings. The maximum atomic E-state index is 12.4. The SMILES string of the molecule is CSCC[C@@H](C(=O)O)N(c1cn(-c2ccccc2)nn1)N1CCC(c2cccc(S(N)(=O)=O)c2)CC1. The predicted molar refractivity (Wildman–Crippen MR) is 140 cm³/mol. The van der Waals surface area contributed by atoms with Gasteiger partial charge in [-0.25, -0.2) is 28.0 Å². The number of carboxylic acid groups (broad SMARTS) is 1. The van der Waals surface area contributed by atoms with Crippen molar-refractivity contribution in [1.82, 2.24) is 20.0 Å². The number of benzene rings is 2. The maximum Gasteiger partial charge on any atom is 0.328 e. The van der Waals surface area contributed by atoms with Gasteiger partial charge in [-0.2, -0.15) is 11.8 Å². The van der Waals surface area contributed by atoms with Crippen molar-refractivity contribution in [3.8, 4) is 5.69 Å². The number of aliphatic carboxylic acids is 1. The first-order chi connectivity index (χ1) is 17.3. The van der Waals surface area contributed by atoms with Gasteiger partial charge in [-0.1, -0.05) is 35.5 Å².